The van der Waals surface area contributed by atoms with Crippen LogP contribution in [0.4, 0.5) is 0 Å². The Morgan fingerprint density at radius 3 is 2.69 bits per heavy atom. The molecule has 0 aliphatic heterocycles. The number of thiophene rings is 1. The van der Waals surface area contributed by atoms with Crippen molar-refractivity contribution < 1.29 is 5.11 Å². The molecule has 0 saturated heterocycles. The van der Waals surface area contributed by atoms with Gasteiger partial charge in [0.05, 0.1) is 6.61 Å². The van der Waals surface area contributed by atoms with Gasteiger partial charge in [0.15, 0.2) is 0 Å². The molecule has 0 spiro atoms. The summed E-state index contributed by atoms with van der Waals surface area (Å²) in [6.07, 6.45) is 2.15. The van der Waals surface area contributed by atoms with E-state index in [1.54, 1.807) is 11.3 Å². The van der Waals surface area contributed by atoms with E-state index in [9.17, 15) is 5.11 Å². The molecule has 3 heteroatoms. The minimum atomic E-state index is 0.222. The van der Waals surface area contributed by atoms with Crippen molar-refractivity contribution in [1.82, 2.24) is 5.32 Å². The SMILES string of the molecule is CCC(C)C(CO)NC(C)Cc1cccs1. The Kier molecular flexibility index (Phi) is 6.03. The van der Waals surface area contributed by atoms with Crippen LogP contribution >= 0.6 is 11.3 Å². The van der Waals surface area contributed by atoms with Crippen LogP contribution in [0.25, 0.3) is 0 Å². The Morgan fingerprint density at radius 2 is 2.19 bits per heavy atom. The lowest BCUT2D eigenvalue weighted by atomic mass is 9.98. The number of nitrogens with one attached hydrogen (secondary N) is 1. The predicted molar refractivity (Wildman–Crippen MR) is 70.9 cm³/mol. The minimum Gasteiger partial charge on any atom is -0.395 e. The van der Waals surface area contributed by atoms with E-state index < -0.39 is 0 Å². The summed E-state index contributed by atoms with van der Waals surface area (Å²) < 4.78 is 0. The fourth-order valence-corrected chi connectivity index (χ4v) is 2.67. The van der Waals surface area contributed by atoms with E-state index in [0.29, 0.717) is 12.0 Å². The lowest BCUT2D eigenvalue weighted by molar-refractivity contribution is 0.192. The maximum atomic E-state index is 9.34. The maximum absolute atomic E-state index is 9.34. The van der Waals surface area contributed by atoms with Gasteiger partial charge < -0.3 is 10.4 Å². The Bertz CT molecular complexity index is 273. The van der Waals surface area contributed by atoms with Gasteiger partial charge in [0.2, 0.25) is 0 Å². The van der Waals surface area contributed by atoms with E-state index >= 15 is 0 Å². The Labute approximate surface area is 103 Å². The Balaban J connectivity index is 2.39. The first-order valence-electron chi connectivity index (χ1n) is 6.06. The molecular weight excluding hydrogens is 218 g/mol. The molecule has 0 aliphatic rings. The second-order valence-electron chi connectivity index (χ2n) is 4.53. The average molecular weight is 241 g/mol. The van der Waals surface area contributed by atoms with Crippen LogP contribution in [0.5, 0.6) is 0 Å². The highest BCUT2D eigenvalue weighted by Gasteiger charge is 2.17. The summed E-state index contributed by atoms with van der Waals surface area (Å²) in [5.74, 6) is 0.524. The second-order valence-corrected chi connectivity index (χ2v) is 5.56. The molecule has 3 unspecified atom stereocenters. The molecule has 1 aromatic rings. The number of aliphatic hydroxyl groups is 1. The number of rotatable bonds is 7. The summed E-state index contributed by atoms with van der Waals surface area (Å²) >= 11 is 1.80. The topological polar surface area (TPSA) is 32.3 Å². The molecule has 3 atom stereocenters. The zero-order chi connectivity index (χ0) is 12.0. The van der Waals surface area contributed by atoms with Crippen LogP contribution in [0, 0.1) is 5.92 Å². The molecule has 1 aromatic heterocycles. The van der Waals surface area contributed by atoms with Crippen molar-refractivity contribution in [2.75, 3.05) is 6.61 Å². The molecule has 2 N–H and O–H groups in total. The van der Waals surface area contributed by atoms with Crippen molar-refractivity contribution in [2.24, 2.45) is 5.92 Å². The molecule has 0 saturated carbocycles. The number of aliphatic hydroxyl groups excluding tert-OH is 1. The fraction of sp³-hybridized carbons (Fsp3) is 0.692. The summed E-state index contributed by atoms with van der Waals surface area (Å²) in [6.45, 7) is 6.76. The van der Waals surface area contributed by atoms with Gasteiger partial charge in [0, 0.05) is 17.0 Å². The van der Waals surface area contributed by atoms with Gasteiger partial charge in [0.25, 0.3) is 0 Å². The Hall–Kier alpha value is -0.380. The summed E-state index contributed by atoms with van der Waals surface area (Å²) in [5, 5.41) is 15.0. The van der Waals surface area contributed by atoms with Crippen molar-refractivity contribution >= 4 is 11.3 Å². The van der Waals surface area contributed by atoms with E-state index in [4.69, 9.17) is 0 Å². The van der Waals surface area contributed by atoms with Crippen molar-refractivity contribution in [3.8, 4) is 0 Å². The molecule has 0 bridgehead atoms. The van der Waals surface area contributed by atoms with Crippen LogP contribution < -0.4 is 5.32 Å². The van der Waals surface area contributed by atoms with Gasteiger partial charge in [-0.15, -0.1) is 11.3 Å². The molecule has 0 aliphatic carbocycles. The van der Waals surface area contributed by atoms with Crippen LogP contribution in [-0.4, -0.2) is 23.8 Å². The van der Waals surface area contributed by atoms with Crippen LogP contribution in [0.1, 0.15) is 32.1 Å². The Morgan fingerprint density at radius 1 is 1.44 bits per heavy atom. The number of hydrogen-bond acceptors (Lipinski definition) is 3. The van der Waals surface area contributed by atoms with Gasteiger partial charge >= 0.3 is 0 Å². The van der Waals surface area contributed by atoms with E-state index in [2.05, 4.69) is 43.6 Å². The third-order valence-electron chi connectivity index (χ3n) is 3.11. The first-order valence-corrected chi connectivity index (χ1v) is 6.94. The molecule has 1 heterocycles. The standard InChI is InChI=1S/C13H23NOS/c1-4-10(2)13(9-15)14-11(3)8-12-6-5-7-16-12/h5-7,10-11,13-15H,4,8-9H2,1-3H3. The van der Waals surface area contributed by atoms with E-state index in [-0.39, 0.29) is 12.6 Å². The zero-order valence-corrected chi connectivity index (χ0v) is 11.3. The largest absolute Gasteiger partial charge is 0.395 e. The second kappa shape index (κ2) is 7.05. The van der Waals surface area contributed by atoms with Gasteiger partial charge in [-0.2, -0.15) is 0 Å². The van der Waals surface area contributed by atoms with Crippen molar-refractivity contribution in [3.05, 3.63) is 22.4 Å². The highest BCUT2D eigenvalue weighted by molar-refractivity contribution is 7.09. The molecule has 0 radical (unpaired) electrons. The maximum Gasteiger partial charge on any atom is 0.0587 e. The van der Waals surface area contributed by atoms with Gasteiger partial charge in [0.1, 0.15) is 0 Å². The van der Waals surface area contributed by atoms with E-state index in [0.717, 1.165) is 12.8 Å². The lowest BCUT2D eigenvalue weighted by Crippen LogP contribution is -2.43. The predicted octanol–water partition coefficient (Wildman–Crippen LogP) is 2.68. The van der Waals surface area contributed by atoms with Gasteiger partial charge in [-0.1, -0.05) is 26.3 Å². The smallest absolute Gasteiger partial charge is 0.0587 e. The van der Waals surface area contributed by atoms with Crippen LogP contribution in [-0.2, 0) is 6.42 Å². The normalized spacial score (nSPS) is 17.0. The first-order chi connectivity index (χ1) is 7.67. The molecule has 2 nitrogen and oxygen atoms in total. The molecular formula is C13H23NOS. The molecule has 1 rings (SSSR count). The van der Waals surface area contributed by atoms with Crippen molar-refractivity contribution in [1.29, 1.82) is 0 Å². The summed E-state index contributed by atoms with van der Waals surface area (Å²) in [7, 11) is 0. The quantitative estimate of drug-likeness (QED) is 0.769. The van der Waals surface area contributed by atoms with Gasteiger partial charge in [-0.25, -0.2) is 0 Å². The molecule has 0 amide bonds. The molecule has 0 aromatic carbocycles. The third kappa shape index (κ3) is 4.24. The lowest BCUT2D eigenvalue weighted by Gasteiger charge is -2.26. The molecule has 0 fully saturated rings. The summed E-state index contributed by atoms with van der Waals surface area (Å²) in [6, 6.07) is 4.90. The van der Waals surface area contributed by atoms with Crippen LogP contribution in [0.3, 0.4) is 0 Å². The third-order valence-corrected chi connectivity index (χ3v) is 4.01. The highest BCUT2D eigenvalue weighted by atomic mass is 32.1. The average Bonchev–Trinajstić information content (AvgIpc) is 2.77. The highest BCUT2D eigenvalue weighted by Crippen LogP contribution is 2.13. The monoisotopic (exact) mass is 241 g/mol. The van der Waals surface area contributed by atoms with Gasteiger partial charge in [-0.05, 0) is 30.7 Å². The zero-order valence-electron chi connectivity index (χ0n) is 10.4. The van der Waals surface area contributed by atoms with E-state index in [1.807, 2.05) is 0 Å². The first kappa shape index (κ1) is 13.7. The number of hydrogen-bond donors (Lipinski definition) is 2. The van der Waals surface area contributed by atoms with Gasteiger partial charge in [-0.3, -0.25) is 0 Å². The fourth-order valence-electron chi connectivity index (χ4n) is 1.84. The van der Waals surface area contributed by atoms with Crippen LogP contribution in [0.2, 0.25) is 0 Å². The molecule has 16 heavy (non-hydrogen) atoms. The van der Waals surface area contributed by atoms with Crippen LogP contribution in [0.15, 0.2) is 17.5 Å². The van der Waals surface area contributed by atoms with E-state index in [1.165, 1.54) is 4.88 Å². The summed E-state index contributed by atoms with van der Waals surface area (Å²) in [5.41, 5.74) is 0. The van der Waals surface area contributed by atoms with Crippen molar-refractivity contribution in [2.45, 2.75) is 45.7 Å². The van der Waals surface area contributed by atoms with Crippen molar-refractivity contribution in [3.63, 3.8) is 0 Å². The molecule has 92 valence electrons. The summed E-state index contributed by atoms with van der Waals surface area (Å²) in [4.78, 5) is 1.40. The minimum absolute atomic E-state index is 0.222.